The molecule has 0 N–H and O–H groups in total. The van der Waals surface area contributed by atoms with Gasteiger partial charge in [-0.05, 0) is 103 Å². The second-order valence-electron chi connectivity index (χ2n) is 18.4. The molecule has 0 fully saturated rings. The van der Waals surface area contributed by atoms with Gasteiger partial charge < -0.3 is 14.2 Å². The van der Waals surface area contributed by atoms with Crippen molar-refractivity contribution in [2.75, 3.05) is 13.2 Å². The molecule has 0 aromatic carbocycles. The molecule has 0 aromatic rings. The molecule has 0 heterocycles. The fraction of sp³-hybridized carbons (Fsp3) is 0.667. The van der Waals surface area contributed by atoms with Crippen LogP contribution in [0, 0.1) is 0 Å². The summed E-state index contributed by atoms with van der Waals surface area (Å²) in [4.78, 5) is 38.1. The summed E-state index contributed by atoms with van der Waals surface area (Å²) in [6.45, 7) is 6.36. The Bertz CT molecular complexity index is 1420. The molecule has 0 unspecified atom stereocenters. The minimum Gasteiger partial charge on any atom is -0.462 e. The Morgan fingerprint density at radius 1 is 0.304 bits per heavy atom. The van der Waals surface area contributed by atoms with E-state index >= 15 is 0 Å². The van der Waals surface area contributed by atoms with Crippen molar-refractivity contribution in [1.82, 2.24) is 0 Å². The normalized spacial score (nSPS) is 12.9. The molecule has 392 valence electrons. The average molecular weight is 958 g/mol. The smallest absolute Gasteiger partial charge is 0.306 e. The summed E-state index contributed by atoms with van der Waals surface area (Å²) in [6, 6.07) is 0. The summed E-state index contributed by atoms with van der Waals surface area (Å²) < 4.78 is 16.8. The van der Waals surface area contributed by atoms with Crippen molar-refractivity contribution in [3.63, 3.8) is 0 Å². The number of allylic oxidation sites excluding steroid dienone is 18. The van der Waals surface area contributed by atoms with Crippen LogP contribution in [0.5, 0.6) is 0 Å². The Morgan fingerprint density at radius 2 is 0.565 bits per heavy atom. The lowest BCUT2D eigenvalue weighted by Gasteiger charge is -2.18. The van der Waals surface area contributed by atoms with Gasteiger partial charge in [0.1, 0.15) is 13.2 Å². The molecule has 6 nitrogen and oxygen atoms in total. The summed E-state index contributed by atoms with van der Waals surface area (Å²) in [6.07, 6.45) is 76.5. The van der Waals surface area contributed by atoms with Crippen LogP contribution in [0.1, 0.15) is 252 Å². The summed E-state index contributed by atoms with van der Waals surface area (Å²) in [7, 11) is 0. The van der Waals surface area contributed by atoms with E-state index in [0.29, 0.717) is 19.3 Å². The number of rotatable bonds is 50. The Hall–Kier alpha value is -3.93. The van der Waals surface area contributed by atoms with Gasteiger partial charge in [-0.15, -0.1) is 0 Å². The summed E-state index contributed by atoms with van der Waals surface area (Å²) in [5, 5.41) is 0. The van der Waals surface area contributed by atoms with E-state index in [-0.39, 0.29) is 31.1 Å². The highest BCUT2D eigenvalue weighted by atomic mass is 16.6. The van der Waals surface area contributed by atoms with Crippen molar-refractivity contribution in [1.29, 1.82) is 0 Å². The van der Waals surface area contributed by atoms with Crippen molar-refractivity contribution < 1.29 is 28.6 Å². The molecule has 0 aromatic heterocycles. The fourth-order valence-corrected chi connectivity index (χ4v) is 7.58. The monoisotopic (exact) mass is 957 g/mol. The van der Waals surface area contributed by atoms with Crippen molar-refractivity contribution in [3.8, 4) is 0 Å². The third-order valence-corrected chi connectivity index (χ3v) is 11.8. The van der Waals surface area contributed by atoms with E-state index in [0.717, 1.165) is 122 Å². The third kappa shape index (κ3) is 54.9. The molecule has 0 saturated heterocycles. The quantitative estimate of drug-likeness (QED) is 0.0262. The Morgan fingerprint density at radius 3 is 0.913 bits per heavy atom. The minimum absolute atomic E-state index is 0.108. The van der Waals surface area contributed by atoms with Crippen molar-refractivity contribution >= 4 is 17.9 Å². The molecule has 0 bridgehead atoms. The highest BCUT2D eigenvalue weighted by molar-refractivity contribution is 5.71. The highest BCUT2D eigenvalue weighted by Crippen LogP contribution is 2.15. The number of ether oxygens (including phenoxy) is 3. The number of esters is 3. The number of carbonyl (C=O) groups is 3. The van der Waals surface area contributed by atoms with Crippen LogP contribution >= 0.6 is 0 Å². The molecule has 0 rings (SSSR count). The van der Waals surface area contributed by atoms with E-state index < -0.39 is 6.10 Å². The summed E-state index contributed by atoms with van der Waals surface area (Å²) in [5.74, 6) is -0.976. The SMILES string of the molecule is CC/C=C\C/C=C\C/C=C\C/C=C\C/C=C\CCCCCC(=O)OC[C@H](COC(=O)CCCC/C=C\C/C=C\C/C=C\C/C=C\CC)OC(=O)CCCCCCCCCCCCCCCCCCC. The molecule has 0 spiro atoms. The number of carbonyl (C=O) groups excluding carboxylic acids is 3. The Labute approximate surface area is 425 Å². The van der Waals surface area contributed by atoms with E-state index in [2.05, 4.69) is 130 Å². The van der Waals surface area contributed by atoms with E-state index in [1.165, 1.54) is 89.9 Å². The first kappa shape index (κ1) is 65.1. The molecular formula is C63H104O6. The molecular weight excluding hydrogens is 853 g/mol. The number of hydrogen-bond acceptors (Lipinski definition) is 6. The molecule has 0 radical (unpaired) electrons. The second kappa shape index (κ2) is 56.7. The first-order chi connectivity index (χ1) is 34.0. The third-order valence-electron chi connectivity index (χ3n) is 11.8. The highest BCUT2D eigenvalue weighted by Gasteiger charge is 2.19. The Kier molecular flexibility index (Phi) is 53.4. The van der Waals surface area contributed by atoms with Gasteiger partial charge in [-0.2, -0.15) is 0 Å². The van der Waals surface area contributed by atoms with Crippen molar-refractivity contribution in [3.05, 3.63) is 109 Å². The van der Waals surface area contributed by atoms with Crippen LogP contribution in [0.2, 0.25) is 0 Å². The maximum Gasteiger partial charge on any atom is 0.306 e. The van der Waals surface area contributed by atoms with Crippen LogP contribution in [-0.4, -0.2) is 37.2 Å². The van der Waals surface area contributed by atoms with Crippen LogP contribution in [-0.2, 0) is 28.6 Å². The standard InChI is InChI=1S/C63H104O6/c1-4-7-10-13-16-19-22-25-28-30-31-33-35-38-41-44-47-50-53-56-62(65)68-59-60(58-67-61(64)55-52-49-46-43-40-37-34-27-24-21-18-15-12-9-6-3)69-63(66)57-54-51-48-45-42-39-36-32-29-26-23-20-17-14-11-8-5-2/h7,9-10,12,16,18-19,21,25,27-28,31,33-34,38,40-41,43,60H,4-6,8,11,13-15,17,20,22-24,26,29-30,32,35-37,39,42,44-59H2,1-3H3/b10-7-,12-9-,19-16-,21-18-,28-25-,33-31-,34-27-,41-38-,43-40-/t60-/m0/s1. The second-order valence-corrected chi connectivity index (χ2v) is 18.4. The van der Waals surface area contributed by atoms with Crippen LogP contribution < -0.4 is 0 Å². The summed E-state index contributed by atoms with van der Waals surface area (Å²) >= 11 is 0. The largest absolute Gasteiger partial charge is 0.462 e. The van der Waals surface area contributed by atoms with Gasteiger partial charge in [-0.3, -0.25) is 14.4 Å². The van der Waals surface area contributed by atoms with Crippen molar-refractivity contribution in [2.24, 2.45) is 0 Å². The van der Waals surface area contributed by atoms with Gasteiger partial charge in [0.15, 0.2) is 6.10 Å². The van der Waals surface area contributed by atoms with E-state index in [1.807, 2.05) is 0 Å². The first-order valence-electron chi connectivity index (χ1n) is 28.4. The maximum atomic E-state index is 12.9. The zero-order chi connectivity index (χ0) is 50.0. The van der Waals surface area contributed by atoms with Crippen LogP contribution in [0.3, 0.4) is 0 Å². The lowest BCUT2D eigenvalue weighted by molar-refractivity contribution is -0.167. The van der Waals surface area contributed by atoms with Gasteiger partial charge >= 0.3 is 17.9 Å². The molecule has 1 atom stereocenters. The van der Waals surface area contributed by atoms with Gasteiger partial charge in [-0.1, -0.05) is 239 Å². The van der Waals surface area contributed by atoms with Crippen LogP contribution in [0.15, 0.2) is 109 Å². The van der Waals surface area contributed by atoms with E-state index in [1.54, 1.807) is 0 Å². The zero-order valence-corrected chi connectivity index (χ0v) is 44.8. The van der Waals surface area contributed by atoms with Crippen LogP contribution in [0.25, 0.3) is 0 Å². The van der Waals surface area contributed by atoms with E-state index in [4.69, 9.17) is 14.2 Å². The van der Waals surface area contributed by atoms with Gasteiger partial charge in [0.2, 0.25) is 0 Å². The predicted molar refractivity (Wildman–Crippen MR) is 297 cm³/mol. The van der Waals surface area contributed by atoms with Crippen molar-refractivity contribution in [2.45, 2.75) is 258 Å². The van der Waals surface area contributed by atoms with Gasteiger partial charge in [-0.25, -0.2) is 0 Å². The van der Waals surface area contributed by atoms with E-state index in [9.17, 15) is 14.4 Å². The topological polar surface area (TPSA) is 78.9 Å². The molecule has 0 aliphatic carbocycles. The molecule has 69 heavy (non-hydrogen) atoms. The molecule has 6 heteroatoms. The predicted octanol–water partition coefficient (Wildman–Crippen LogP) is 19.1. The number of hydrogen-bond donors (Lipinski definition) is 0. The fourth-order valence-electron chi connectivity index (χ4n) is 7.58. The van der Waals surface area contributed by atoms with Gasteiger partial charge in [0, 0.05) is 19.3 Å². The molecule has 0 saturated carbocycles. The maximum absolute atomic E-state index is 12.9. The minimum atomic E-state index is -0.809. The first-order valence-corrected chi connectivity index (χ1v) is 28.4. The Balaban J connectivity index is 4.50. The molecule has 0 amide bonds. The average Bonchev–Trinajstić information content (AvgIpc) is 3.35. The number of unbranched alkanes of at least 4 members (excludes halogenated alkanes) is 21. The lowest BCUT2D eigenvalue weighted by atomic mass is 10.0. The summed E-state index contributed by atoms with van der Waals surface area (Å²) in [5.41, 5.74) is 0. The molecule has 0 aliphatic heterocycles. The zero-order valence-electron chi connectivity index (χ0n) is 44.8. The lowest BCUT2D eigenvalue weighted by Crippen LogP contribution is -2.30. The molecule has 0 aliphatic rings. The van der Waals surface area contributed by atoms with Crippen LogP contribution in [0.4, 0.5) is 0 Å². The van der Waals surface area contributed by atoms with Gasteiger partial charge in [0.05, 0.1) is 0 Å². The van der Waals surface area contributed by atoms with Gasteiger partial charge in [0.25, 0.3) is 0 Å².